The zero-order chi connectivity index (χ0) is 17.8. The highest BCUT2D eigenvalue weighted by Gasteiger charge is 2.13. The Kier molecular flexibility index (Phi) is 5.05. The van der Waals surface area contributed by atoms with Gasteiger partial charge in [-0.25, -0.2) is 0 Å². The van der Waals surface area contributed by atoms with Crippen molar-refractivity contribution in [1.29, 1.82) is 5.41 Å². The van der Waals surface area contributed by atoms with E-state index in [9.17, 15) is 5.11 Å². The van der Waals surface area contributed by atoms with Crippen molar-refractivity contribution in [2.75, 3.05) is 6.61 Å². The molecule has 25 heavy (non-hydrogen) atoms. The molecule has 3 aromatic rings. The quantitative estimate of drug-likeness (QED) is 0.651. The first-order valence-electron chi connectivity index (χ1n) is 8.31. The second-order valence-corrected chi connectivity index (χ2v) is 6.10. The summed E-state index contributed by atoms with van der Waals surface area (Å²) in [5.41, 5.74) is 3.38. The normalized spacial score (nSPS) is 12.2. The molecule has 0 unspecified atom stereocenters. The molecule has 2 aromatic carbocycles. The molecule has 0 fully saturated rings. The number of para-hydroxylation sites is 2. The van der Waals surface area contributed by atoms with Crippen LogP contribution in [0.3, 0.4) is 0 Å². The van der Waals surface area contributed by atoms with Crippen molar-refractivity contribution >= 4 is 11.0 Å². The average molecular weight is 337 g/mol. The first kappa shape index (κ1) is 17.0. The van der Waals surface area contributed by atoms with Crippen LogP contribution in [0, 0.1) is 12.3 Å². The van der Waals surface area contributed by atoms with E-state index in [4.69, 9.17) is 10.1 Å². The third kappa shape index (κ3) is 3.67. The van der Waals surface area contributed by atoms with Gasteiger partial charge in [-0.15, -0.1) is 6.58 Å². The van der Waals surface area contributed by atoms with E-state index in [-0.39, 0.29) is 6.61 Å². The van der Waals surface area contributed by atoms with Crippen molar-refractivity contribution < 1.29 is 9.84 Å². The Morgan fingerprint density at radius 2 is 1.76 bits per heavy atom. The monoisotopic (exact) mass is 337 g/mol. The fourth-order valence-electron chi connectivity index (χ4n) is 2.88. The Labute approximate surface area is 146 Å². The maximum atomic E-state index is 10.4. The van der Waals surface area contributed by atoms with Crippen molar-refractivity contribution in [3.8, 4) is 5.75 Å². The average Bonchev–Trinajstić information content (AvgIpc) is 2.88. The van der Waals surface area contributed by atoms with Crippen LogP contribution in [0.4, 0.5) is 0 Å². The van der Waals surface area contributed by atoms with Crippen LogP contribution in [0.15, 0.2) is 61.2 Å². The van der Waals surface area contributed by atoms with E-state index in [1.165, 1.54) is 0 Å². The molecule has 1 atom stereocenters. The SMILES string of the molecule is C=CCn1c(=N)n(C[C@@H](O)COc2ccc(C)cc2)c2ccccc21. The molecule has 0 saturated heterocycles. The second-order valence-electron chi connectivity index (χ2n) is 6.10. The van der Waals surface area contributed by atoms with Crippen molar-refractivity contribution in [3.63, 3.8) is 0 Å². The maximum absolute atomic E-state index is 10.4. The third-order valence-corrected chi connectivity index (χ3v) is 4.14. The molecule has 2 N–H and O–H groups in total. The predicted molar refractivity (Wildman–Crippen MR) is 98.7 cm³/mol. The number of hydrogen-bond donors (Lipinski definition) is 2. The summed E-state index contributed by atoms with van der Waals surface area (Å²) >= 11 is 0. The van der Waals surface area contributed by atoms with Gasteiger partial charge in [-0.1, -0.05) is 35.9 Å². The number of nitrogens with one attached hydrogen (secondary N) is 1. The summed E-state index contributed by atoms with van der Waals surface area (Å²) in [7, 11) is 0. The minimum atomic E-state index is -0.710. The van der Waals surface area contributed by atoms with Crippen LogP contribution in [0.5, 0.6) is 5.75 Å². The van der Waals surface area contributed by atoms with Gasteiger partial charge >= 0.3 is 0 Å². The van der Waals surface area contributed by atoms with Gasteiger partial charge in [0.2, 0.25) is 5.62 Å². The number of nitrogens with zero attached hydrogens (tertiary/aromatic N) is 2. The summed E-state index contributed by atoms with van der Waals surface area (Å²) in [6, 6.07) is 15.5. The molecule has 0 saturated carbocycles. The fourth-order valence-corrected chi connectivity index (χ4v) is 2.88. The van der Waals surface area contributed by atoms with Crippen LogP contribution in [-0.2, 0) is 13.1 Å². The number of rotatable bonds is 7. The highest BCUT2D eigenvalue weighted by Crippen LogP contribution is 2.15. The zero-order valence-corrected chi connectivity index (χ0v) is 14.4. The van der Waals surface area contributed by atoms with Gasteiger partial charge < -0.3 is 19.0 Å². The number of aliphatic hydroxyl groups is 1. The molecule has 130 valence electrons. The first-order valence-corrected chi connectivity index (χ1v) is 8.31. The Hall–Kier alpha value is -2.79. The number of allylic oxidation sites excluding steroid dienone is 1. The summed E-state index contributed by atoms with van der Waals surface area (Å²) in [4.78, 5) is 0. The van der Waals surface area contributed by atoms with Crippen LogP contribution < -0.4 is 10.4 Å². The van der Waals surface area contributed by atoms with Gasteiger partial charge in [-0.05, 0) is 31.2 Å². The van der Waals surface area contributed by atoms with Gasteiger partial charge in [0.15, 0.2) is 0 Å². The van der Waals surface area contributed by atoms with E-state index in [1.54, 1.807) is 6.08 Å². The van der Waals surface area contributed by atoms with Crippen LogP contribution in [-0.4, -0.2) is 27.0 Å². The maximum Gasteiger partial charge on any atom is 0.203 e. The van der Waals surface area contributed by atoms with Crippen molar-refractivity contribution in [3.05, 3.63) is 72.4 Å². The zero-order valence-electron chi connectivity index (χ0n) is 14.4. The number of aromatic nitrogens is 2. The van der Waals surface area contributed by atoms with E-state index in [2.05, 4.69) is 6.58 Å². The summed E-state index contributed by atoms with van der Waals surface area (Å²) in [5, 5.41) is 18.8. The second kappa shape index (κ2) is 7.40. The largest absolute Gasteiger partial charge is 0.491 e. The summed E-state index contributed by atoms with van der Waals surface area (Å²) in [6.45, 7) is 6.81. The lowest BCUT2D eigenvalue weighted by atomic mass is 10.2. The third-order valence-electron chi connectivity index (χ3n) is 4.14. The van der Waals surface area contributed by atoms with Crippen molar-refractivity contribution in [1.82, 2.24) is 9.13 Å². The van der Waals surface area contributed by atoms with Crippen LogP contribution in [0.25, 0.3) is 11.0 Å². The van der Waals surface area contributed by atoms with Gasteiger partial charge in [0, 0.05) is 6.54 Å². The molecule has 0 aliphatic carbocycles. The molecule has 0 spiro atoms. The minimum Gasteiger partial charge on any atom is -0.491 e. The van der Waals surface area contributed by atoms with Gasteiger partial charge in [0.25, 0.3) is 0 Å². The lowest BCUT2D eigenvalue weighted by Crippen LogP contribution is -2.31. The van der Waals surface area contributed by atoms with Gasteiger partial charge in [0.1, 0.15) is 18.5 Å². The first-order chi connectivity index (χ1) is 12.1. The molecule has 0 radical (unpaired) electrons. The van der Waals surface area contributed by atoms with Crippen LogP contribution in [0.2, 0.25) is 0 Å². The standard InChI is InChI=1S/C20H23N3O2/c1-3-12-22-18-6-4-5-7-19(18)23(20(22)21)13-16(24)14-25-17-10-8-15(2)9-11-17/h3-11,16,21,24H,1,12-14H2,2H3/t16-/m1/s1. The molecule has 0 bridgehead atoms. The van der Waals surface area contributed by atoms with E-state index in [1.807, 2.05) is 64.6 Å². The van der Waals surface area contributed by atoms with Crippen LogP contribution >= 0.6 is 0 Å². The Morgan fingerprint density at radius 1 is 1.12 bits per heavy atom. The fraction of sp³-hybridized carbons (Fsp3) is 0.250. The number of ether oxygens (including phenoxy) is 1. The molecular weight excluding hydrogens is 314 g/mol. The molecule has 5 heteroatoms. The molecule has 1 aromatic heterocycles. The van der Waals surface area contributed by atoms with E-state index >= 15 is 0 Å². The number of benzene rings is 2. The summed E-state index contributed by atoms with van der Waals surface area (Å²) < 4.78 is 9.33. The molecule has 1 heterocycles. The predicted octanol–water partition coefficient (Wildman–Crippen LogP) is 2.86. The smallest absolute Gasteiger partial charge is 0.203 e. The Balaban J connectivity index is 1.78. The number of aliphatic hydroxyl groups excluding tert-OH is 1. The number of aryl methyl sites for hydroxylation is 1. The van der Waals surface area contributed by atoms with E-state index in [0.717, 1.165) is 22.3 Å². The number of imidazole rings is 1. The lowest BCUT2D eigenvalue weighted by molar-refractivity contribution is 0.0921. The number of fused-ring (bicyclic) bond motifs is 1. The molecule has 0 aliphatic heterocycles. The van der Waals surface area contributed by atoms with Crippen LogP contribution in [0.1, 0.15) is 5.56 Å². The van der Waals surface area contributed by atoms with Crippen molar-refractivity contribution in [2.24, 2.45) is 0 Å². The van der Waals surface area contributed by atoms with Gasteiger partial charge in [-0.3, -0.25) is 5.41 Å². The van der Waals surface area contributed by atoms with Gasteiger partial charge in [0.05, 0.1) is 17.6 Å². The highest BCUT2D eigenvalue weighted by atomic mass is 16.5. The molecule has 0 amide bonds. The highest BCUT2D eigenvalue weighted by molar-refractivity contribution is 5.75. The topological polar surface area (TPSA) is 63.2 Å². The molecule has 0 aliphatic rings. The van der Waals surface area contributed by atoms with E-state index in [0.29, 0.717) is 18.7 Å². The Bertz CT molecular complexity index is 922. The molecule has 3 rings (SSSR count). The Morgan fingerprint density at radius 3 is 2.40 bits per heavy atom. The van der Waals surface area contributed by atoms with E-state index < -0.39 is 6.10 Å². The van der Waals surface area contributed by atoms with Gasteiger partial charge in [-0.2, -0.15) is 0 Å². The number of hydrogen-bond acceptors (Lipinski definition) is 3. The summed E-state index contributed by atoms with van der Waals surface area (Å²) in [6.07, 6.45) is 1.06. The molecule has 5 nitrogen and oxygen atoms in total. The lowest BCUT2D eigenvalue weighted by Gasteiger charge is -2.14. The summed E-state index contributed by atoms with van der Waals surface area (Å²) in [5.74, 6) is 0.731. The van der Waals surface area contributed by atoms with Crippen molar-refractivity contribution in [2.45, 2.75) is 26.1 Å². The molecular formula is C20H23N3O2. The minimum absolute atomic E-state index is 0.177.